The summed E-state index contributed by atoms with van der Waals surface area (Å²) in [5, 5.41) is 12.6. The number of rotatable bonds is 6. The van der Waals surface area contributed by atoms with Crippen LogP contribution in [0.2, 0.25) is 13.1 Å². The maximum atomic E-state index is 9.12. The van der Waals surface area contributed by atoms with Gasteiger partial charge in [0, 0.05) is 22.5 Å². The third-order valence-corrected chi connectivity index (χ3v) is 7.65. The Morgan fingerprint density at radius 3 is 1.67 bits per heavy atom. The molecule has 4 aromatic rings. The van der Waals surface area contributed by atoms with Gasteiger partial charge >= 0.3 is 0 Å². The number of nitrogens with zero attached hydrogens (tertiary/aromatic N) is 2. The van der Waals surface area contributed by atoms with Crippen molar-refractivity contribution in [3.8, 4) is 0 Å². The lowest BCUT2D eigenvalue weighted by atomic mass is 10.2. The molecule has 4 nitrogen and oxygen atoms in total. The van der Waals surface area contributed by atoms with Crippen LogP contribution in [0.1, 0.15) is 11.1 Å². The van der Waals surface area contributed by atoms with Gasteiger partial charge in [-0.05, 0) is 37.4 Å². The SMILES string of the molecule is C[Si](C)(N=C(Nc1ccccc1)c1ccccc1)N(C(=N)c1ccccc1)c1ccccc1. The van der Waals surface area contributed by atoms with Crippen molar-refractivity contribution >= 4 is 31.4 Å². The molecule has 0 saturated carbocycles. The largest absolute Gasteiger partial charge is 0.341 e. The van der Waals surface area contributed by atoms with Crippen LogP contribution < -0.4 is 9.88 Å². The van der Waals surface area contributed by atoms with E-state index in [1.54, 1.807) is 0 Å². The first-order chi connectivity index (χ1) is 16.0. The third kappa shape index (κ3) is 5.45. The normalized spacial score (nSPS) is 11.6. The molecule has 0 aliphatic carbocycles. The zero-order valence-electron chi connectivity index (χ0n) is 18.9. The van der Waals surface area contributed by atoms with Crippen molar-refractivity contribution in [3.63, 3.8) is 0 Å². The van der Waals surface area contributed by atoms with Crippen molar-refractivity contribution in [2.75, 3.05) is 9.88 Å². The summed E-state index contributed by atoms with van der Waals surface area (Å²) in [6.45, 7) is 4.35. The molecule has 164 valence electrons. The van der Waals surface area contributed by atoms with Gasteiger partial charge in [-0.25, -0.2) is 0 Å². The lowest BCUT2D eigenvalue weighted by molar-refractivity contribution is 1.29. The van der Waals surface area contributed by atoms with E-state index in [2.05, 4.69) is 47.2 Å². The van der Waals surface area contributed by atoms with Crippen LogP contribution in [-0.4, -0.2) is 20.1 Å². The maximum Gasteiger partial charge on any atom is 0.286 e. The molecule has 0 heterocycles. The van der Waals surface area contributed by atoms with Crippen LogP contribution in [-0.2, 0) is 0 Å². The van der Waals surface area contributed by atoms with E-state index in [4.69, 9.17) is 10.1 Å². The molecule has 4 rings (SSSR count). The summed E-state index contributed by atoms with van der Waals surface area (Å²) in [6.07, 6.45) is 0. The number of hydrogen-bond acceptors (Lipinski definition) is 2. The van der Waals surface area contributed by atoms with Crippen molar-refractivity contribution < 1.29 is 0 Å². The quantitative estimate of drug-likeness (QED) is 0.194. The minimum atomic E-state index is -2.58. The molecule has 0 aliphatic heterocycles. The minimum absolute atomic E-state index is 0.453. The second-order valence-electron chi connectivity index (χ2n) is 8.20. The van der Waals surface area contributed by atoms with Crippen molar-refractivity contribution in [2.45, 2.75) is 13.1 Å². The molecule has 0 spiro atoms. The molecule has 2 N–H and O–H groups in total. The van der Waals surface area contributed by atoms with Gasteiger partial charge in [0.15, 0.2) is 0 Å². The second-order valence-corrected chi connectivity index (χ2v) is 11.9. The molecule has 0 radical (unpaired) electrons. The lowest BCUT2D eigenvalue weighted by Gasteiger charge is -2.36. The molecule has 0 aliphatic rings. The summed E-state index contributed by atoms with van der Waals surface area (Å²) in [7, 11) is -2.58. The van der Waals surface area contributed by atoms with E-state index in [-0.39, 0.29) is 0 Å². The van der Waals surface area contributed by atoms with E-state index in [1.807, 2.05) is 97.1 Å². The van der Waals surface area contributed by atoms with Gasteiger partial charge < -0.3 is 9.88 Å². The first kappa shape index (κ1) is 22.2. The Morgan fingerprint density at radius 1 is 0.667 bits per heavy atom. The van der Waals surface area contributed by atoms with E-state index in [0.29, 0.717) is 5.84 Å². The predicted octanol–water partition coefficient (Wildman–Crippen LogP) is 6.78. The van der Waals surface area contributed by atoms with E-state index in [9.17, 15) is 0 Å². The first-order valence-electron chi connectivity index (χ1n) is 11.0. The highest BCUT2D eigenvalue weighted by Crippen LogP contribution is 2.26. The van der Waals surface area contributed by atoms with Crippen LogP contribution in [0.5, 0.6) is 0 Å². The molecule has 0 aromatic heterocycles. The van der Waals surface area contributed by atoms with Gasteiger partial charge in [0.05, 0.1) is 0 Å². The van der Waals surface area contributed by atoms with Crippen molar-refractivity contribution in [1.82, 2.24) is 0 Å². The number of benzene rings is 4. The Labute approximate surface area is 196 Å². The van der Waals surface area contributed by atoms with Crippen LogP contribution in [0.4, 0.5) is 11.4 Å². The average molecular weight is 449 g/mol. The van der Waals surface area contributed by atoms with Gasteiger partial charge in [-0.15, -0.1) is 0 Å². The molecular formula is C28H28N4Si. The molecule has 0 unspecified atom stereocenters. The summed E-state index contributed by atoms with van der Waals surface area (Å²) < 4.78 is 7.44. The molecule has 0 amide bonds. The fourth-order valence-electron chi connectivity index (χ4n) is 3.76. The van der Waals surface area contributed by atoms with Gasteiger partial charge in [0.2, 0.25) is 0 Å². The standard InChI is InChI=1S/C28H28N4Si/c1-33(2,31-28(24-17-9-4-10-18-24)30-25-19-11-5-12-20-25)32(26-21-13-6-14-22-26)27(29)23-15-7-3-8-16-23/h3-22,29H,1-2H3,(H,30,31). The Hall–Kier alpha value is -3.96. The van der Waals surface area contributed by atoms with E-state index < -0.39 is 8.40 Å². The summed E-state index contributed by atoms with van der Waals surface area (Å²) >= 11 is 0. The first-order valence-corrected chi connectivity index (χ1v) is 13.9. The Morgan fingerprint density at radius 2 is 1.12 bits per heavy atom. The molecule has 0 saturated heterocycles. The van der Waals surface area contributed by atoms with Crippen LogP contribution in [0.3, 0.4) is 0 Å². The predicted molar refractivity (Wildman–Crippen MR) is 143 cm³/mol. The summed E-state index contributed by atoms with van der Waals surface area (Å²) in [5.74, 6) is 1.26. The average Bonchev–Trinajstić information content (AvgIpc) is 2.86. The smallest absolute Gasteiger partial charge is 0.286 e. The maximum absolute atomic E-state index is 9.12. The third-order valence-electron chi connectivity index (χ3n) is 5.30. The van der Waals surface area contributed by atoms with E-state index in [0.717, 1.165) is 28.3 Å². The van der Waals surface area contributed by atoms with Gasteiger partial charge in [-0.3, -0.25) is 10.1 Å². The minimum Gasteiger partial charge on any atom is -0.341 e. The fourth-order valence-corrected chi connectivity index (χ4v) is 6.05. The Balaban J connectivity index is 1.81. The van der Waals surface area contributed by atoms with Crippen LogP contribution in [0.15, 0.2) is 126 Å². The number of nitrogens with one attached hydrogen (secondary N) is 2. The summed E-state index contributed by atoms with van der Waals surface area (Å²) in [6, 6.07) is 40.3. The van der Waals surface area contributed by atoms with Crippen molar-refractivity contribution in [2.24, 2.45) is 4.66 Å². The molecule has 33 heavy (non-hydrogen) atoms. The molecule has 0 fully saturated rings. The highest BCUT2D eigenvalue weighted by Gasteiger charge is 2.34. The van der Waals surface area contributed by atoms with Gasteiger partial charge in [-0.2, -0.15) is 0 Å². The summed E-state index contributed by atoms with van der Waals surface area (Å²) in [4.78, 5) is 0. The topological polar surface area (TPSA) is 51.5 Å². The number of amidine groups is 2. The van der Waals surface area contributed by atoms with Gasteiger partial charge in [0.25, 0.3) is 8.40 Å². The lowest BCUT2D eigenvalue weighted by Crippen LogP contribution is -2.52. The van der Waals surface area contributed by atoms with E-state index >= 15 is 0 Å². The Bertz CT molecular complexity index is 1210. The highest BCUT2D eigenvalue weighted by molar-refractivity contribution is 6.84. The van der Waals surface area contributed by atoms with Crippen molar-refractivity contribution in [3.05, 3.63) is 132 Å². The second kappa shape index (κ2) is 10.1. The molecule has 5 heteroatoms. The molecular weight excluding hydrogens is 420 g/mol. The van der Waals surface area contributed by atoms with Gasteiger partial charge in [-0.1, -0.05) is 97.1 Å². The number of anilines is 2. The fraction of sp³-hybridized carbons (Fsp3) is 0.0714. The van der Waals surface area contributed by atoms with Crippen LogP contribution in [0.25, 0.3) is 0 Å². The molecule has 4 aromatic carbocycles. The molecule has 0 bridgehead atoms. The van der Waals surface area contributed by atoms with Crippen LogP contribution in [0, 0.1) is 5.41 Å². The van der Waals surface area contributed by atoms with Crippen molar-refractivity contribution in [1.29, 1.82) is 5.41 Å². The van der Waals surface area contributed by atoms with E-state index in [1.165, 1.54) is 0 Å². The number of hydrogen-bond donors (Lipinski definition) is 2. The highest BCUT2D eigenvalue weighted by atomic mass is 28.3. The summed E-state index contributed by atoms with van der Waals surface area (Å²) in [5.41, 5.74) is 3.84. The van der Waals surface area contributed by atoms with Crippen LogP contribution >= 0.6 is 0 Å². The zero-order chi connectivity index (χ0) is 23.1. The van der Waals surface area contributed by atoms with Gasteiger partial charge in [0.1, 0.15) is 11.7 Å². The zero-order valence-corrected chi connectivity index (χ0v) is 19.9. The monoisotopic (exact) mass is 448 g/mol. The number of para-hydroxylation sites is 2. The Kier molecular flexibility index (Phi) is 6.81. The molecule has 0 atom stereocenters.